The summed E-state index contributed by atoms with van der Waals surface area (Å²) in [7, 11) is 1.81. The standard InChI is InChI=1S/C14H19N3OS2/c1-9-13(20-11(3)15-9)10(2)16-14(18)17(4)8-12-6-5-7-19-12/h5-7,10H,8H2,1-4H3,(H,16,18)/t10-/m1/s1. The van der Waals surface area contributed by atoms with Gasteiger partial charge in [0.2, 0.25) is 0 Å². The average Bonchev–Trinajstić information content (AvgIpc) is 2.98. The first-order valence-corrected chi connectivity index (χ1v) is 8.15. The lowest BCUT2D eigenvalue weighted by molar-refractivity contribution is 0.204. The van der Waals surface area contributed by atoms with Crippen molar-refractivity contribution in [3.63, 3.8) is 0 Å². The van der Waals surface area contributed by atoms with E-state index in [0.717, 1.165) is 15.6 Å². The van der Waals surface area contributed by atoms with E-state index in [9.17, 15) is 4.79 Å². The minimum absolute atomic E-state index is 0.0144. The molecule has 0 aromatic carbocycles. The average molecular weight is 309 g/mol. The lowest BCUT2D eigenvalue weighted by atomic mass is 10.2. The van der Waals surface area contributed by atoms with Crippen molar-refractivity contribution in [2.45, 2.75) is 33.4 Å². The Labute approximate surface area is 127 Å². The molecule has 2 rings (SSSR count). The fourth-order valence-electron chi connectivity index (χ4n) is 2.02. The van der Waals surface area contributed by atoms with Crippen LogP contribution in [-0.4, -0.2) is 23.0 Å². The van der Waals surface area contributed by atoms with Crippen molar-refractivity contribution >= 4 is 28.7 Å². The van der Waals surface area contributed by atoms with Gasteiger partial charge in [0.25, 0.3) is 0 Å². The Morgan fingerprint density at radius 2 is 2.25 bits per heavy atom. The molecule has 0 aliphatic carbocycles. The fraction of sp³-hybridized carbons (Fsp3) is 0.429. The molecule has 0 unspecified atom stereocenters. The summed E-state index contributed by atoms with van der Waals surface area (Å²) in [5.41, 5.74) is 1.00. The summed E-state index contributed by atoms with van der Waals surface area (Å²) >= 11 is 3.30. The number of hydrogen-bond acceptors (Lipinski definition) is 4. The van der Waals surface area contributed by atoms with Crippen LogP contribution in [0.15, 0.2) is 17.5 Å². The van der Waals surface area contributed by atoms with E-state index in [1.807, 2.05) is 45.3 Å². The van der Waals surface area contributed by atoms with Crippen LogP contribution in [0, 0.1) is 13.8 Å². The van der Waals surface area contributed by atoms with Gasteiger partial charge < -0.3 is 10.2 Å². The summed E-state index contributed by atoms with van der Waals surface area (Å²) in [5.74, 6) is 0. The molecule has 4 nitrogen and oxygen atoms in total. The third-order valence-electron chi connectivity index (χ3n) is 2.99. The van der Waals surface area contributed by atoms with Gasteiger partial charge in [0.1, 0.15) is 0 Å². The van der Waals surface area contributed by atoms with Crippen LogP contribution in [0.25, 0.3) is 0 Å². The molecule has 1 atom stereocenters. The molecule has 0 radical (unpaired) electrons. The monoisotopic (exact) mass is 309 g/mol. The van der Waals surface area contributed by atoms with E-state index in [1.54, 1.807) is 27.6 Å². The first-order valence-electron chi connectivity index (χ1n) is 6.45. The van der Waals surface area contributed by atoms with Gasteiger partial charge in [-0.2, -0.15) is 0 Å². The highest BCUT2D eigenvalue weighted by atomic mass is 32.1. The number of carbonyl (C=O) groups is 1. The lowest BCUT2D eigenvalue weighted by Crippen LogP contribution is -2.38. The molecule has 20 heavy (non-hydrogen) atoms. The molecule has 0 spiro atoms. The minimum atomic E-state index is -0.0589. The fourth-order valence-corrected chi connectivity index (χ4v) is 3.70. The van der Waals surface area contributed by atoms with Crippen LogP contribution in [0.1, 0.15) is 33.4 Å². The van der Waals surface area contributed by atoms with Crippen molar-refractivity contribution in [1.29, 1.82) is 0 Å². The Hall–Kier alpha value is -1.40. The van der Waals surface area contributed by atoms with Gasteiger partial charge in [-0.3, -0.25) is 0 Å². The SMILES string of the molecule is Cc1nc(C)c([C@@H](C)NC(=O)N(C)Cc2cccs2)s1. The molecule has 0 bridgehead atoms. The first kappa shape index (κ1) is 15.0. The number of thiazole rings is 1. The number of carbonyl (C=O) groups excluding carboxylic acids is 1. The van der Waals surface area contributed by atoms with E-state index in [4.69, 9.17) is 0 Å². The van der Waals surface area contributed by atoms with E-state index in [-0.39, 0.29) is 12.1 Å². The highest BCUT2D eigenvalue weighted by Crippen LogP contribution is 2.24. The largest absolute Gasteiger partial charge is 0.331 e. The van der Waals surface area contributed by atoms with Crippen molar-refractivity contribution in [3.8, 4) is 0 Å². The van der Waals surface area contributed by atoms with Gasteiger partial charge in [0.05, 0.1) is 23.3 Å². The molecule has 2 amide bonds. The zero-order valence-corrected chi connectivity index (χ0v) is 13.8. The summed E-state index contributed by atoms with van der Waals surface area (Å²) in [5, 5.41) is 6.08. The molecule has 2 aromatic rings. The van der Waals surface area contributed by atoms with Crippen LogP contribution < -0.4 is 5.32 Å². The number of rotatable bonds is 4. The van der Waals surface area contributed by atoms with Gasteiger partial charge in [-0.25, -0.2) is 9.78 Å². The summed E-state index contributed by atoms with van der Waals surface area (Å²) in [6.45, 7) is 6.60. The number of nitrogens with zero attached hydrogens (tertiary/aromatic N) is 2. The van der Waals surface area contributed by atoms with E-state index >= 15 is 0 Å². The third kappa shape index (κ3) is 3.58. The van der Waals surface area contributed by atoms with Gasteiger partial charge in [0.15, 0.2) is 0 Å². The van der Waals surface area contributed by atoms with E-state index < -0.39 is 0 Å². The summed E-state index contributed by atoms with van der Waals surface area (Å²) < 4.78 is 0. The van der Waals surface area contributed by atoms with Crippen molar-refractivity contribution in [2.24, 2.45) is 0 Å². The van der Waals surface area contributed by atoms with Crippen molar-refractivity contribution in [2.75, 3.05) is 7.05 Å². The second-order valence-corrected chi connectivity index (χ2v) is 7.06. The number of hydrogen-bond donors (Lipinski definition) is 1. The van der Waals surface area contributed by atoms with Crippen molar-refractivity contribution in [1.82, 2.24) is 15.2 Å². The number of urea groups is 1. The molecule has 0 aliphatic heterocycles. The summed E-state index contributed by atoms with van der Waals surface area (Å²) in [4.78, 5) is 20.6. The summed E-state index contributed by atoms with van der Waals surface area (Å²) in [6, 6.07) is 3.96. The minimum Gasteiger partial charge on any atom is -0.331 e. The number of nitrogens with one attached hydrogen (secondary N) is 1. The van der Waals surface area contributed by atoms with Gasteiger partial charge in [-0.1, -0.05) is 6.07 Å². The Balaban J connectivity index is 1.95. The molecule has 0 aliphatic rings. The predicted octanol–water partition coefficient (Wildman–Crippen LogP) is 3.72. The molecule has 6 heteroatoms. The van der Waals surface area contributed by atoms with Gasteiger partial charge in [-0.05, 0) is 32.2 Å². The quantitative estimate of drug-likeness (QED) is 0.935. The normalized spacial score (nSPS) is 12.2. The molecular formula is C14H19N3OS2. The first-order chi connectivity index (χ1) is 9.47. The van der Waals surface area contributed by atoms with Crippen molar-refractivity contribution in [3.05, 3.63) is 38.0 Å². The van der Waals surface area contributed by atoms with Crippen LogP contribution in [-0.2, 0) is 6.54 Å². The zero-order valence-electron chi connectivity index (χ0n) is 12.1. The second-order valence-electron chi connectivity index (χ2n) is 4.79. The Bertz CT molecular complexity index is 577. The summed E-state index contributed by atoms with van der Waals surface area (Å²) in [6.07, 6.45) is 0. The maximum Gasteiger partial charge on any atom is 0.317 e. The maximum atomic E-state index is 12.2. The number of aromatic nitrogens is 1. The molecule has 0 fully saturated rings. The van der Waals surface area contributed by atoms with Gasteiger partial charge in [-0.15, -0.1) is 22.7 Å². The van der Waals surface area contributed by atoms with Gasteiger partial charge >= 0.3 is 6.03 Å². The lowest BCUT2D eigenvalue weighted by Gasteiger charge is -2.20. The third-order valence-corrected chi connectivity index (χ3v) is 5.11. The highest BCUT2D eigenvalue weighted by molar-refractivity contribution is 7.11. The number of amides is 2. The molecule has 108 valence electrons. The maximum absolute atomic E-state index is 12.2. The van der Waals surface area contributed by atoms with E-state index in [0.29, 0.717) is 6.54 Å². The second kappa shape index (κ2) is 6.37. The molecule has 2 heterocycles. The van der Waals surface area contributed by atoms with Crippen LogP contribution in [0.4, 0.5) is 4.79 Å². The van der Waals surface area contributed by atoms with Crippen LogP contribution in [0.3, 0.4) is 0 Å². The van der Waals surface area contributed by atoms with Crippen LogP contribution in [0.2, 0.25) is 0 Å². The molecule has 0 saturated carbocycles. The predicted molar refractivity (Wildman–Crippen MR) is 84.3 cm³/mol. The molecular weight excluding hydrogens is 290 g/mol. The van der Waals surface area contributed by atoms with Crippen LogP contribution in [0.5, 0.6) is 0 Å². The molecule has 2 aromatic heterocycles. The van der Waals surface area contributed by atoms with E-state index in [2.05, 4.69) is 10.3 Å². The highest BCUT2D eigenvalue weighted by Gasteiger charge is 2.17. The topological polar surface area (TPSA) is 45.2 Å². The number of thiophene rings is 1. The Morgan fingerprint density at radius 3 is 2.80 bits per heavy atom. The Morgan fingerprint density at radius 1 is 1.50 bits per heavy atom. The zero-order chi connectivity index (χ0) is 14.7. The van der Waals surface area contributed by atoms with E-state index in [1.165, 1.54) is 4.88 Å². The number of aryl methyl sites for hydroxylation is 2. The Kier molecular flexibility index (Phi) is 4.77. The van der Waals surface area contributed by atoms with Gasteiger partial charge in [0, 0.05) is 16.8 Å². The molecule has 1 N–H and O–H groups in total. The smallest absolute Gasteiger partial charge is 0.317 e. The van der Waals surface area contributed by atoms with Crippen molar-refractivity contribution < 1.29 is 4.79 Å². The van der Waals surface area contributed by atoms with Crippen LogP contribution >= 0.6 is 22.7 Å². The molecule has 0 saturated heterocycles.